The number of carbonyl (C=O) groups is 3. The lowest BCUT2D eigenvalue weighted by atomic mass is 10.0. The maximum absolute atomic E-state index is 11.4. The van der Waals surface area contributed by atoms with Gasteiger partial charge in [-0.3, -0.25) is 14.4 Å². The molecular weight excluding hydrogens is 300 g/mol. The summed E-state index contributed by atoms with van der Waals surface area (Å²) in [5.41, 5.74) is 0.935. The molecule has 0 saturated heterocycles. The number of esters is 3. The van der Waals surface area contributed by atoms with E-state index in [9.17, 15) is 14.4 Å². The third-order valence-corrected chi connectivity index (χ3v) is 3.21. The van der Waals surface area contributed by atoms with Gasteiger partial charge in [0, 0.05) is 12.8 Å². The molecule has 23 heavy (non-hydrogen) atoms. The molecule has 2 atom stereocenters. The molecule has 0 aromatic rings. The van der Waals surface area contributed by atoms with Gasteiger partial charge >= 0.3 is 17.9 Å². The van der Waals surface area contributed by atoms with Gasteiger partial charge in [-0.1, -0.05) is 26.3 Å². The standard InChI is InChI=1S/C17H28O6/c1-6-7-8-15(23-14(4)18)13(3)9-12(2)11-22-17(20)10-16(19)21-5/h9,12,15H,6-8,10-11H2,1-5H3/b13-9+. The Hall–Kier alpha value is -1.85. The molecule has 2 unspecified atom stereocenters. The lowest BCUT2D eigenvalue weighted by Crippen LogP contribution is -2.19. The predicted octanol–water partition coefficient (Wildman–Crippen LogP) is 2.80. The highest BCUT2D eigenvalue weighted by Crippen LogP contribution is 2.17. The van der Waals surface area contributed by atoms with Crippen LogP contribution in [0.25, 0.3) is 0 Å². The summed E-state index contributed by atoms with van der Waals surface area (Å²) in [4.78, 5) is 33.6. The number of methoxy groups -OCH3 is 1. The fraction of sp³-hybridized carbons (Fsp3) is 0.706. The summed E-state index contributed by atoms with van der Waals surface area (Å²) in [6, 6.07) is 0. The van der Waals surface area contributed by atoms with E-state index in [1.54, 1.807) is 0 Å². The summed E-state index contributed by atoms with van der Waals surface area (Å²) < 4.78 is 14.8. The number of carbonyl (C=O) groups excluding carboxylic acids is 3. The van der Waals surface area contributed by atoms with E-state index in [0.717, 1.165) is 24.8 Å². The van der Waals surface area contributed by atoms with E-state index in [2.05, 4.69) is 11.7 Å². The third kappa shape index (κ3) is 10.5. The smallest absolute Gasteiger partial charge is 0.317 e. The van der Waals surface area contributed by atoms with Gasteiger partial charge < -0.3 is 14.2 Å². The van der Waals surface area contributed by atoms with Crippen LogP contribution in [-0.2, 0) is 28.6 Å². The SMILES string of the molecule is CCCCC(OC(C)=O)/C(C)=C/C(C)COC(=O)CC(=O)OC. The van der Waals surface area contributed by atoms with Crippen molar-refractivity contribution in [3.63, 3.8) is 0 Å². The van der Waals surface area contributed by atoms with Gasteiger partial charge in [0.25, 0.3) is 0 Å². The maximum Gasteiger partial charge on any atom is 0.317 e. The van der Waals surface area contributed by atoms with Gasteiger partial charge in [0.15, 0.2) is 0 Å². The van der Waals surface area contributed by atoms with E-state index in [1.165, 1.54) is 14.0 Å². The second-order valence-corrected chi connectivity index (χ2v) is 5.56. The molecule has 6 heteroatoms. The number of ether oxygens (including phenoxy) is 3. The van der Waals surface area contributed by atoms with E-state index in [4.69, 9.17) is 9.47 Å². The highest BCUT2D eigenvalue weighted by molar-refractivity contribution is 5.91. The number of rotatable bonds is 10. The van der Waals surface area contributed by atoms with Crippen LogP contribution in [0.2, 0.25) is 0 Å². The summed E-state index contributed by atoms with van der Waals surface area (Å²) in [6.45, 7) is 7.42. The van der Waals surface area contributed by atoms with Crippen LogP contribution in [0.5, 0.6) is 0 Å². The Morgan fingerprint density at radius 2 is 1.78 bits per heavy atom. The minimum Gasteiger partial charge on any atom is -0.469 e. The molecule has 0 spiro atoms. The van der Waals surface area contributed by atoms with Gasteiger partial charge in [0.2, 0.25) is 0 Å². The van der Waals surface area contributed by atoms with Crippen molar-refractivity contribution in [2.24, 2.45) is 5.92 Å². The normalized spacial score (nSPS) is 13.9. The van der Waals surface area contributed by atoms with Crippen molar-refractivity contribution in [3.05, 3.63) is 11.6 Å². The lowest BCUT2D eigenvalue weighted by Gasteiger charge is -2.19. The van der Waals surface area contributed by atoms with Crippen LogP contribution in [0.1, 0.15) is 53.4 Å². The molecule has 0 heterocycles. The zero-order chi connectivity index (χ0) is 17.8. The summed E-state index contributed by atoms with van der Waals surface area (Å²) in [5, 5.41) is 0. The maximum atomic E-state index is 11.4. The molecule has 0 N–H and O–H groups in total. The second kappa shape index (κ2) is 11.7. The first-order valence-electron chi connectivity index (χ1n) is 7.88. The van der Waals surface area contributed by atoms with Crippen molar-refractivity contribution in [1.29, 1.82) is 0 Å². The van der Waals surface area contributed by atoms with E-state index < -0.39 is 18.4 Å². The quantitative estimate of drug-likeness (QED) is 0.265. The molecule has 0 aliphatic carbocycles. The molecular formula is C17H28O6. The predicted molar refractivity (Wildman–Crippen MR) is 85.6 cm³/mol. The summed E-state index contributed by atoms with van der Waals surface area (Å²) >= 11 is 0. The topological polar surface area (TPSA) is 78.9 Å². The van der Waals surface area contributed by atoms with Gasteiger partial charge in [-0.2, -0.15) is 0 Å². The van der Waals surface area contributed by atoms with Crippen LogP contribution in [0.3, 0.4) is 0 Å². The van der Waals surface area contributed by atoms with Crippen molar-refractivity contribution < 1.29 is 28.6 Å². The van der Waals surface area contributed by atoms with Gasteiger partial charge in [0.1, 0.15) is 12.5 Å². The first-order valence-corrected chi connectivity index (χ1v) is 7.88. The largest absolute Gasteiger partial charge is 0.469 e. The molecule has 0 bridgehead atoms. The highest BCUT2D eigenvalue weighted by Gasteiger charge is 2.16. The molecule has 6 nitrogen and oxygen atoms in total. The van der Waals surface area contributed by atoms with Gasteiger partial charge in [0.05, 0.1) is 13.7 Å². The van der Waals surface area contributed by atoms with Crippen molar-refractivity contribution >= 4 is 17.9 Å². The Balaban J connectivity index is 4.50. The van der Waals surface area contributed by atoms with Crippen LogP contribution in [0, 0.1) is 5.92 Å². The van der Waals surface area contributed by atoms with Crippen molar-refractivity contribution in [1.82, 2.24) is 0 Å². The van der Waals surface area contributed by atoms with E-state index in [0.29, 0.717) is 0 Å². The molecule has 132 valence electrons. The van der Waals surface area contributed by atoms with Crippen LogP contribution >= 0.6 is 0 Å². The summed E-state index contributed by atoms with van der Waals surface area (Å²) in [7, 11) is 1.22. The zero-order valence-electron chi connectivity index (χ0n) is 14.7. The van der Waals surface area contributed by atoms with Gasteiger partial charge in [-0.15, -0.1) is 0 Å². The van der Waals surface area contributed by atoms with Gasteiger partial charge in [-0.25, -0.2) is 0 Å². The minimum atomic E-state index is -0.621. The number of unbranched alkanes of at least 4 members (excludes halogenated alkanes) is 1. The molecule has 0 amide bonds. The average Bonchev–Trinajstić information content (AvgIpc) is 2.48. The zero-order valence-corrected chi connectivity index (χ0v) is 14.7. The summed E-state index contributed by atoms with van der Waals surface area (Å²) in [5.74, 6) is -1.59. The molecule has 0 aromatic heterocycles. The van der Waals surface area contributed by atoms with Crippen molar-refractivity contribution in [3.8, 4) is 0 Å². The Morgan fingerprint density at radius 3 is 2.30 bits per heavy atom. The fourth-order valence-electron chi connectivity index (χ4n) is 2.04. The Kier molecular flexibility index (Phi) is 10.7. The van der Waals surface area contributed by atoms with E-state index in [1.807, 2.05) is 19.9 Å². The monoisotopic (exact) mass is 328 g/mol. The van der Waals surface area contributed by atoms with Crippen LogP contribution < -0.4 is 0 Å². The van der Waals surface area contributed by atoms with E-state index in [-0.39, 0.29) is 24.6 Å². The third-order valence-electron chi connectivity index (χ3n) is 3.21. The second-order valence-electron chi connectivity index (χ2n) is 5.56. The van der Waals surface area contributed by atoms with Crippen LogP contribution in [0.4, 0.5) is 0 Å². The Labute approximate surface area is 138 Å². The number of hydrogen-bond acceptors (Lipinski definition) is 6. The molecule has 0 radical (unpaired) electrons. The van der Waals surface area contributed by atoms with E-state index >= 15 is 0 Å². The molecule has 0 saturated carbocycles. The van der Waals surface area contributed by atoms with Crippen LogP contribution in [-0.4, -0.2) is 37.7 Å². The first-order chi connectivity index (χ1) is 10.8. The number of hydrogen-bond donors (Lipinski definition) is 0. The van der Waals surface area contributed by atoms with Crippen molar-refractivity contribution in [2.75, 3.05) is 13.7 Å². The molecule has 0 aromatic carbocycles. The van der Waals surface area contributed by atoms with Crippen molar-refractivity contribution in [2.45, 2.75) is 59.5 Å². The first kappa shape index (κ1) is 21.1. The van der Waals surface area contributed by atoms with Crippen LogP contribution in [0.15, 0.2) is 11.6 Å². The molecule has 0 aliphatic rings. The molecule has 0 aliphatic heterocycles. The minimum absolute atomic E-state index is 0.0451. The lowest BCUT2D eigenvalue weighted by molar-refractivity contribution is -0.153. The summed E-state index contributed by atoms with van der Waals surface area (Å²) in [6.07, 6.45) is 4.04. The van der Waals surface area contributed by atoms with Gasteiger partial charge in [-0.05, 0) is 25.3 Å². The Morgan fingerprint density at radius 1 is 1.13 bits per heavy atom. The Bertz CT molecular complexity index is 427. The fourth-order valence-corrected chi connectivity index (χ4v) is 2.04. The molecule has 0 fully saturated rings. The molecule has 0 rings (SSSR count). The highest BCUT2D eigenvalue weighted by atomic mass is 16.6. The average molecular weight is 328 g/mol.